The summed E-state index contributed by atoms with van der Waals surface area (Å²) in [5, 5.41) is 1.72. The van der Waals surface area contributed by atoms with Crippen LogP contribution < -0.4 is 10.5 Å². The summed E-state index contributed by atoms with van der Waals surface area (Å²) in [7, 11) is -2.99. The Morgan fingerprint density at radius 3 is 2.71 bits per heavy atom. The fourth-order valence-electron chi connectivity index (χ4n) is 1.27. The van der Waals surface area contributed by atoms with Crippen LogP contribution in [0, 0.1) is 11.8 Å². The van der Waals surface area contributed by atoms with Gasteiger partial charge in [0.25, 0.3) is 10.2 Å². The van der Waals surface area contributed by atoms with Crippen molar-refractivity contribution < 1.29 is 21.6 Å². The zero-order valence-electron chi connectivity index (χ0n) is 11.1. The number of thiophene rings is 1. The molecule has 5 nitrogen and oxygen atoms in total. The van der Waals surface area contributed by atoms with Gasteiger partial charge in [0, 0.05) is 29.4 Å². The van der Waals surface area contributed by atoms with E-state index in [9.17, 15) is 21.6 Å². The van der Waals surface area contributed by atoms with Gasteiger partial charge in [-0.3, -0.25) is 0 Å². The van der Waals surface area contributed by atoms with Crippen LogP contribution in [0.15, 0.2) is 11.4 Å². The molecule has 0 bridgehead atoms. The molecule has 0 aliphatic heterocycles. The van der Waals surface area contributed by atoms with E-state index in [0.29, 0.717) is 10.4 Å². The van der Waals surface area contributed by atoms with Crippen LogP contribution in [0.5, 0.6) is 0 Å². The molecule has 0 radical (unpaired) electrons. The largest absolute Gasteiger partial charge is 0.402 e. The van der Waals surface area contributed by atoms with Crippen LogP contribution in [0.1, 0.15) is 10.4 Å². The lowest BCUT2D eigenvalue weighted by molar-refractivity contribution is -0.121. The molecule has 0 spiro atoms. The van der Waals surface area contributed by atoms with Crippen LogP contribution in [0.4, 0.5) is 13.2 Å². The Labute approximate surface area is 125 Å². The molecule has 0 aliphatic rings. The molecular weight excluding hydrogens is 327 g/mol. The van der Waals surface area contributed by atoms with E-state index in [1.807, 2.05) is 0 Å². The van der Waals surface area contributed by atoms with E-state index in [1.54, 1.807) is 11.4 Å². The number of alkyl halides is 3. The summed E-state index contributed by atoms with van der Waals surface area (Å²) in [6, 6.07) is 1.67. The molecule has 0 fully saturated rings. The third kappa shape index (κ3) is 6.45. The molecule has 21 heavy (non-hydrogen) atoms. The maximum Gasteiger partial charge on any atom is 0.402 e. The molecule has 3 N–H and O–H groups in total. The maximum absolute atomic E-state index is 12.0. The topological polar surface area (TPSA) is 75.4 Å². The zero-order valence-corrected chi connectivity index (χ0v) is 12.7. The molecule has 0 atom stereocenters. The third-order valence-corrected chi connectivity index (χ3v) is 4.61. The van der Waals surface area contributed by atoms with Gasteiger partial charge in [-0.2, -0.15) is 30.6 Å². The predicted molar refractivity (Wildman–Crippen MR) is 74.7 cm³/mol. The smallest absolute Gasteiger partial charge is 0.320 e. The summed E-state index contributed by atoms with van der Waals surface area (Å²) < 4.78 is 61.7. The third-order valence-electron chi connectivity index (χ3n) is 2.23. The van der Waals surface area contributed by atoms with Crippen molar-refractivity contribution in [2.24, 2.45) is 5.73 Å². The summed E-state index contributed by atoms with van der Waals surface area (Å²) in [5.74, 6) is 5.44. The average Bonchev–Trinajstić information content (AvgIpc) is 2.81. The van der Waals surface area contributed by atoms with Gasteiger partial charge in [-0.05, 0) is 6.07 Å². The van der Waals surface area contributed by atoms with E-state index < -0.39 is 22.9 Å². The van der Waals surface area contributed by atoms with Crippen LogP contribution >= 0.6 is 11.3 Å². The summed E-state index contributed by atoms with van der Waals surface area (Å²) in [4.78, 5) is 0.663. The van der Waals surface area contributed by atoms with Crippen molar-refractivity contribution in [1.29, 1.82) is 0 Å². The Balaban J connectivity index is 2.67. The number of rotatable bonds is 5. The summed E-state index contributed by atoms with van der Waals surface area (Å²) in [6.07, 6.45) is -4.60. The summed E-state index contributed by atoms with van der Waals surface area (Å²) in [6.45, 7) is -1.43. The fraction of sp³-hybridized carbons (Fsp3) is 0.455. The van der Waals surface area contributed by atoms with E-state index in [0.717, 1.165) is 4.31 Å². The second-order valence-electron chi connectivity index (χ2n) is 4.00. The molecule has 0 unspecified atom stereocenters. The Hall–Kier alpha value is -1.12. The molecule has 1 heterocycles. The van der Waals surface area contributed by atoms with Gasteiger partial charge in [0.15, 0.2) is 0 Å². The first-order valence-electron chi connectivity index (χ1n) is 5.68. The first-order valence-corrected chi connectivity index (χ1v) is 8.00. The van der Waals surface area contributed by atoms with Gasteiger partial charge in [0.05, 0.1) is 6.54 Å². The van der Waals surface area contributed by atoms with E-state index in [4.69, 9.17) is 5.73 Å². The second-order valence-corrected chi connectivity index (χ2v) is 6.86. The van der Waals surface area contributed by atoms with Crippen molar-refractivity contribution in [2.45, 2.75) is 12.7 Å². The minimum atomic E-state index is -4.60. The number of hydrogen-bond donors (Lipinski definition) is 2. The lowest BCUT2D eigenvalue weighted by Crippen LogP contribution is -2.42. The fourth-order valence-corrected chi connectivity index (χ4v) is 3.10. The van der Waals surface area contributed by atoms with Crippen molar-refractivity contribution in [3.63, 3.8) is 0 Å². The molecule has 0 saturated carbocycles. The second kappa shape index (κ2) is 7.24. The van der Waals surface area contributed by atoms with E-state index in [1.165, 1.54) is 23.1 Å². The van der Waals surface area contributed by atoms with E-state index >= 15 is 0 Å². The number of nitrogens with one attached hydrogen (secondary N) is 1. The number of halogens is 3. The molecule has 10 heteroatoms. The SMILES string of the molecule is CN(Cc1cc(C#CCN)cs1)S(=O)(=O)NCC(F)(F)F. The van der Waals surface area contributed by atoms with Gasteiger partial charge in [0.1, 0.15) is 6.54 Å². The highest BCUT2D eigenvalue weighted by atomic mass is 32.2. The highest BCUT2D eigenvalue weighted by Crippen LogP contribution is 2.17. The maximum atomic E-state index is 12.0. The van der Waals surface area contributed by atoms with Gasteiger partial charge >= 0.3 is 6.18 Å². The number of hydrogen-bond acceptors (Lipinski definition) is 4. The Bertz CT molecular complexity index is 629. The Morgan fingerprint density at radius 1 is 1.48 bits per heavy atom. The summed E-state index contributed by atoms with van der Waals surface area (Å²) >= 11 is 1.27. The first kappa shape index (κ1) is 17.9. The molecule has 0 saturated heterocycles. The highest BCUT2D eigenvalue weighted by molar-refractivity contribution is 7.87. The molecular formula is C11H14F3N3O2S2. The molecule has 118 valence electrons. The van der Waals surface area contributed by atoms with Crippen LogP contribution in [0.25, 0.3) is 0 Å². The van der Waals surface area contributed by atoms with Gasteiger partial charge in [0.2, 0.25) is 0 Å². The van der Waals surface area contributed by atoms with Gasteiger partial charge in [-0.25, -0.2) is 0 Å². The van der Waals surface area contributed by atoms with Gasteiger partial charge in [-0.15, -0.1) is 11.3 Å². The van der Waals surface area contributed by atoms with Gasteiger partial charge < -0.3 is 5.73 Å². The Kier molecular flexibility index (Phi) is 6.18. The lowest BCUT2D eigenvalue weighted by Gasteiger charge is -2.17. The normalized spacial score (nSPS) is 12.3. The van der Waals surface area contributed by atoms with E-state index in [-0.39, 0.29) is 13.1 Å². The quantitative estimate of drug-likeness (QED) is 0.781. The van der Waals surface area contributed by atoms with Crippen molar-refractivity contribution in [2.75, 3.05) is 20.1 Å². The molecule has 0 aromatic carbocycles. The van der Waals surface area contributed by atoms with Crippen molar-refractivity contribution in [3.8, 4) is 11.8 Å². The van der Waals surface area contributed by atoms with Crippen LogP contribution in [0.3, 0.4) is 0 Å². The lowest BCUT2D eigenvalue weighted by atomic mass is 10.3. The first-order chi connectivity index (χ1) is 9.64. The minimum Gasteiger partial charge on any atom is -0.320 e. The van der Waals surface area contributed by atoms with Crippen molar-refractivity contribution in [1.82, 2.24) is 9.03 Å². The van der Waals surface area contributed by atoms with Crippen LogP contribution in [0.2, 0.25) is 0 Å². The van der Waals surface area contributed by atoms with Crippen LogP contribution in [-0.4, -0.2) is 39.0 Å². The van der Waals surface area contributed by atoms with E-state index in [2.05, 4.69) is 11.8 Å². The molecule has 1 rings (SSSR count). The number of nitrogens with two attached hydrogens (primary N) is 1. The minimum absolute atomic E-state index is 0.0395. The summed E-state index contributed by atoms with van der Waals surface area (Å²) in [5.41, 5.74) is 5.92. The van der Waals surface area contributed by atoms with Crippen molar-refractivity contribution in [3.05, 3.63) is 21.9 Å². The monoisotopic (exact) mass is 341 g/mol. The standard InChI is InChI=1S/C11H14F3N3O2S2/c1-17(21(18,19)16-8-11(12,13)14)6-10-5-9(7-20-10)3-2-4-15/h5,7,16H,4,6,8,15H2,1H3. The zero-order chi connectivity index (χ0) is 16.1. The number of nitrogens with zero attached hydrogens (tertiary/aromatic N) is 1. The van der Waals surface area contributed by atoms with Gasteiger partial charge in [-0.1, -0.05) is 11.8 Å². The van der Waals surface area contributed by atoms with Crippen molar-refractivity contribution >= 4 is 21.5 Å². The molecule has 1 aromatic rings. The predicted octanol–water partition coefficient (Wildman–Crippen LogP) is 0.887. The molecule has 0 amide bonds. The molecule has 1 aromatic heterocycles. The van der Waals surface area contributed by atoms with Crippen LogP contribution in [-0.2, 0) is 16.8 Å². The molecule has 0 aliphatic carbocycles. The average molecular weight is 341 g/mol. The Morgan fingerprint density at radius 2 is 2.14 bits per heavy atom. The highest BCUT2D eigenvalue weighted by Gasteiger charge is 2.30.